The van der Waals surface area contributed by atoms with Gasteiger partial charge in [0.25, 0.3) is 0 Å². The van der Waals surface area contributed by atoms with Crippen LogP contribution in [0.3, 0.4) is 0 Å². The van der Waals surface area contributed by atoms with Gasteiger partial charge in [0.1, 0.15) is 6.61 Å². The number of hydrogen-bond donors (Lipinski definition) is 1. The number of aliphatic carboxylic acids is 1. The third-order valence-corrected chi connectivity index (χ3v) is 4.29. The van der Waals surface area contributed by atoms with Crippen LogP contribution in [0.25, 0.3) is 0 Å². The fraction of sp³-hybridized carbons (Fsp3) is 0.529. The number of carbonyl (C=O) groups excluding carboxylic acids is 1. The highest BCUT2D eigenvalue weighted by atomic mass is 16.6. The molecule has 0 aliphatic carbocycles. The summed E-state index contributed by atoms with van der Waals surface area (Å²) in [4.78, 5) is 25.1. The molecule has 22 heavy (non-hydrogen) atoms. The van der Waals surface area contributed by atoms with Gasteiger partial charge in [-0.1, -0.05) is 44.2 Å². The largest absolute Gasteiger partial charge is 0.481 e. The fourth-order valence-corrected chi connectivity index (χ4v) is 2.94. The van der Waals surface area contributed by atoms with Crippen molar-refractivity contribution < 1.29 is 19.4 Å². The zero-order chi connectivity index (χ0) is 16.1. The van der Waals surface area contributed by atoms with Crippen molar-refractivity contribution >= 4 is 12.1 Å². The maximum absolute atomic E-state index is 12.2. The number of ether oxygens (including phenoxy) is 1. The number of carboxylic acid groups (broad SMARTS) is 1. The molecule has 1 aliphatic heterocycles. The second-order valence-electron chi connectivity index (χ2n) is 6.13. The Labute approximate surface area is 130 Å². The van der Waals surface area contributed by atoms with E-state index in [0.29, 0.717) is 19.5 Å². The molecule has 5 nitrogen and oxygen atoms in total. The molecule has 0 aromatic heterocycles. The molecule has 0 bridgehead atoms. The van der Waals surface area contributed by atoms with E-state index in [1.807, 2.05) is 44.2 Å². The number of benzene rings is 1. The summed E-state index contributed by atoms with van der Waals surface area (Å²) in [6.07, 6.45) is 0.122. The summed E-state index contributed by atoms with van der Waals surface area (Å²) in [6, 6.07) is 9.52. The summed E-state index contributed by atoms with van der Waals surface area (Å²) in [7, 11) is 0. The maximum atomic E-state index is 12.2. The van der Waals surface area contributed by atoms with Gasteiger partial charge in [-0.3, -0.25) is 4.79 Å². The SMILES string of the molecule is CC(C)[C@H]1CN(C(=O)OCc2ccccc2)CC[C@H]1C(=O)O. The molecule has 0 radical (unpaired) electrons. The predicted octanol–water partition coefficient (Wildman–Crippen LogP) is 3.00. The summed E-state index contributed by atoms with van der Waals surface area (Å²) in [5.41, 5.74) is 0.941. The van der Waals surface area contributed by atoms with Crippen LogP contribution in [0.1, 0.15) is 25.8 Å². The number of carboxylic acids is 1. The Morgan fingerprint density at radius 3 is 2.59 bits per heavy atom. The van der Waals surface area contributed by atoms with Gasteiger partial charge in [-0.25, -0.2) is 4.79 Å². The van der Waals surface area contributed by atoms with Crippen LogP contribution in [-0.4, -0.2) is 35.2 Å². The van der Waals surface area contributed by atoms with E-state index in [9.17, 15) is 14.7 Å². The lowest BCUT2D eigenvalue weighted by Crippen LogP contribution is -2.47. The van der Waals surface area contributed by atoms with Gasteiger partial charge in [-0.05, 0) is 23.8 Å². The molecule has 120 valence electrons. The Morgan fingerprint density at radius 1 is 1.32 bits per heavy atom. The second kappa shape index (κ2) is 7.29. The molecule has 1 N–H and O–H groups in total. The Balaban J connectivity index is 1.92. The molecule has 2 atom stereocenters. The van der Waals surface area contributed by atoms with E-state index < -0.39 is 5.97 Å². The molecule has 0 spiro atoms. The Morgan fingerprint density at radius 2 is 2.00 bits per heavy atom. The molecular formula is C17H23NO4. The van der Waals surface area contributed by atoms with E-state index >= 15 is 0 Å². The van der Waals surface area contributed by atoms with Gasteiger partial charge in [-0.15, -0.1) is 0 Å². The Kier molecular flexibility index (Phi) is 5.41. The van der Waals surface area contributed by atoms with Gasteiger partial charge in [-0.2, -0.15) is 0 Å². The van der Waals surface area contributed by atoms with E-state index in [0.717, 1.165) is 5.56 Å². The summed E-state index contributed by atoms with van der Waals surface area (Å²) >= 11 is 0. The smallest absolute Gasteiger partial charge is 0.410 e. The van der Waals surface area contributed by atoms with Crippen LogP contribution in [0.5, 0.6) is 0 Å². The first kappa shape index (κ1) is 16.3. The van der Waals surface area contributed by atoms with E-state index in [4.69, 9.17) is 4.74 Å². The van der Waals surface area contributed by atoms with Crippen molar-refractivity contribution in [2.75, 3.05) is 13.1 Å². The first-order valence-electron chi connectivity index (χ1n) is 7.67. The highest BCUT2D eigenvalue weighted by Crippen LogP contribution is 2.30. The minimum Gasteiger partial charge on any atom is -0.481 e. The van der Waals surface area contributed by atoms with Crippen molar-refractivity contribution in [3.8, 4) is 0 Å². The van der Waals surface area contributed by atoms with Crippen molar-refractivity contribution in [3.63, 3.8) is 0 Å². The van der Waals surface area contributed by atoms with E-state index in [1.54, 1.807) is 4.90 Å². The van der Waals surface area contributed by atoms with E-state index in [-0.39, 0.29) is 30.5 Å². The molecule has 5 heteroatoms. The van der Waals surface area contributed by atoms with E-state index in [1.165, 1.54) is 0 Å². The quantitative estimate of drug-likeness (QED) is 0.928. The van der Waals surface area contributed by atoms with Crippen molar-refractivity contribution in [3.05, 3.63) is 35.9 Å². The lowest BCUT2D eigenvalue weighted by atomic mass is 9.78. The molecular weight excluding hydrogens is 282 g/mol. The molecule has 1 saturated heterocycles. The molecule has 1 amide bonds. The van der Waals surface area contributed by atoms with Crippen molar-refractivity contribution in [2.24, 2.45) is 17.8 Å². The lowest BCUT2D eigenvalue weighted by Gasteiger charge is -2.38. The Hall–Kier alpha value is -2.04. The van der Waals surface area contributed by atoms with Gasteiger partial charge in [0, 0.05) is 13.1 Å². The minimum absolute atomic E-state index is 0.0319. The molecule has 1 fully saturated rings. The highest BCUT2D eigenvalue weighted by molar-refractivity contribution is 5.72. The first-order chi connectivity index (χ1) is 10.5. The lowest BCUT2D eigenvalue weighted by molar-refractivity contribution is -0.146. The maximum Gasteiger partial charge on any atom is 0.410 e. The third kappa shape index (κ3) is 4.00. The summed E-state index contributed by atoms with van der Waals surface area (Å²) in [5.74, 6) is -0.962. The standard InChI is InChI=1S/C17H23NO4/c1-12(2)15-10-18(9-8-14(15)16(19)20)17(21)22-11-13-6-4-3-5-7-13/h3-7,12,14-15H,8-11H2,1-2H3,(H,19,20)/t14-,15-/m1/s1. The molecule has 1 aromatic rings. The van der Waals surface area contributed by atoms with Crippen LogP contribution >= 0.6 is 0 Å². The second-order valence-corrected chi connectivity index (χ2v) is 6.13. The first-order valence-corrected chi connectivity index (χ1v) is 7.67. The number of rotatable bonds is 4. The van der Waals surface area contributed by atoms with Crippen LogP contribution < -0.4 is 0 Å². The van der Waals surface area contributed by atoms with Crippen molar-refractivity contribution in [2.45, 2.75) is 26.9 Å². The van der Waals surface area contributed by atoms with Gasteiger partial charge >= 0.3 is 12.1 Å². The van der Waals surface area contributed by atoms with E-state index in [2.05, 4.69) is 0 Å². The molecule has 0 unspecified atom stereocenters. The van der Waals surface area contributed by atoms with Crippen LogP contribution in [0, 0.1) is 17.8 Å². The molecule has 2 rings (SSSR count). The van der Waals surface area contributed by atoms with Gasteiger partial charge in [0.2, 0.25) is 0 Å². The number of hydrogen-bond acceptors (Lipinski definition) is 3. The summed E-state index contributed by atoms with van der Waals surface area (Å²) in [5, 5.41) is 9.30. The number of likely N-dealkylation sites (tertiary alicyclic amines) is 1. The predicted molar refractivity (Wildman–Crippen MR) is 82.3 cm³/mol. The topological polar surface area (TPSA) is 66.8 Å². The van der Waals surface area contributed by atoms with Crippen LogP contribution in [-0.2, 0) is 16.1 Å². The summed E-state index contributed by atoms with van der Waals surface area (Å²) < 4.78 is 5.33. The molecule has 1 heterocycles. The minimum atomic E-state index is -0.768. The zero-order valence-electron chi connectivity index (χ0n) is 13.1. The average Bonchev–Trinajstić information content (AvgIpc) is 2.52. The Bertz CT molecular complexity index is 515. The van der Waals surface area contributed by atoms with Crippen LogP contribution in [0.15, 0.2) is 30.3 Å². The van der Waals surface area contributed by atoms with Crippen molar-refractivity contribution in [1.29, 1.82) is 0 Å². The number of nitrogens with zero attached hydrogens (tertiary/aromatic N) is 1. The number of carbonyl (C=O) groups is 2. The number of piperidine rings is 1. The zero-order valence-corrected chi connectivity index (χ0v) is 13.1. The van der Waals surface area contributed by atoms with Gasteiger partial charge in [0.15, 0.2) is 0 Å². The number of amides is 1. The highest BCUT2D eigenvalue weighted by Gasteiger charge is 2.37. The fourth-order valence-electron chi connectivity index (χ4n) is 2.94. The van der Waals surface area contributed by atoms with Gasteiger partial charge < -0.3 is 14.7 Å². The molecule has 1 aromatic carbocycles. The normalized spacial score (nSPS) is 21.7. The third-order valence-electron chi connectivity index (χ3n) is 4.29. The molecule has 0 saturated carbocycles. The van der Waals surface area contributed by atoms with Crippen molar-refractivity contribution in [1.82, 2.24) is 4.90 Å². The monoisotopic (exact) mass is 305 g/mol. The molecule has 1 aliphatic rings. The summed E-state index contributed by atoms with van der Waals surface area (Å²) in [6.45, 7) is 5.12. The average molecular weight is 305 g/mol. The van der Waals surface area contributed by atoms with Crippen LogP contribution in [0.2, 0.25) is 0 Å². The van der Waals surface area contributed by atoms with Gasteiger partial charge in [0.05, 0.1) is 5.92 Å². The van der Waals surface area contributed by atoms with Crippen LogP contribution in [0.4, 0.5) is 4.79 Å².